The van der Waals surface area contributed by atoms with Crippen LogP contribution in [-0.2, 0) is 6.42 Å². The van der Waals surface area contributed by atoms with Gasteiger partial charge in [0.15, 0.2) is 0 Å². The first-order chi connectivity index (χ1) is 6.60. The van der Waals surface area contributed by atoms with Crippen molar-refractivity contribution in [2.24, 2.45) is 0 Å². The molecular formula is C12H14FN. The van der Waals surface area contributed by atoms with Crippen molar-refractivity contribution in [1.82, 2.24) is 0 Å². The van der Waals surface area contributed by atoms with Gasteiger partial charge < -0.3 is 0 Å². The third kappa shape index (κ3) is 1.93. The van der Waals surface area contributed by atoms with Crippen LogP contribution in [-0.4, -0.2) is 0 Å². The highest BCUT2D eigenvalue weighted by atomic mass is 19.1. The molecule has 0 spiro atoms. The lowest BCUT2D eigenvalue weighted by molar-refractivity contribution is 0.596. The van der Waals surface area contributed by atoms with Crippen LogP contribution >= 0.6 is 0 Å². The van der Waals surface area contributed by atoms with Crippen molar-refractivity contribution < 1.29 is 4.39 Å². The number of nitrogens with zero attached hydrogens (tertiary/aromatic N) is 1. The summed E-state index contributed by atoms with van der Waals surface area (Å²) < 4.78 is 13.5. The van der Waals surface area contributed by atoms with Gasteiger partial charge in [0.1, 0.15) is 5.82 Å². The lowest BCUT2D eigenvalue weighted by atomic mass is 9.96. The van der Waals surface area contributed by atoms with E-state index < -0.39 is 0 Å². The third-order valence-corrected chi connectivity index (χ3v) is 2.35. The summed E-state index contributed by atoms with van der Waals surface area (Å²) >= 11 is 0. The maximum Gasteiger partial charge on any atom is 0.127 e. The van der Waals surface area contributed by atoms with Crippen LogP contribution in [0.25, 0.3) is 0 Å². The molecule has 0 aliphatic heterocycles. The SMILES string of the molecule is CCc1cc(C(C)C)c(F)cc1C#N. The highest BCUT2D eigenvalue weighted by Gasteiger charge is 2.10. The molecule has 14 heavy (non-hydrogen) atoms. The first-order valence-corrected chi connectivity index (χ1v) is 4.82. The van der Waals surface area contributed by atoms with E-state index in [4.69, 9.17) is 5.26 Å². The quantitative estimate of drug-likeness (QED) is 0.703. The van der Waals surface area contributed by atoms with Gasteiger partial charge in [0, 0.05) is 0 Å². The molecular weight excluding hydrogens is 177 g/mol. The Hall–Kier alpha value is -1.36. The number of benzene rings is 1. The molecule has 1 aromatic carbocycles. The van der Waals surface area contributed by atoms with Crippen molar-refractivity contribution in [3.63, 3.8) is 0 Å². The maximum absolute atomic E-state index is 13.5. The van der Waals surface area contributed by atoms with Crippen LogP contribution in [0.5, 0.6) is 0 Å². The summed E-state index contributed by atoms with van der Waals surface area (Å²) in [5.74, 6) is -0.109. The Morgan fingerprint density at radius 2 is 2.07 bits per heavy atom. The zero-order valence-corrected chi connectivity index (χ0v) is 8.76. The molecule has 0 aliphatic carbocycles. The molecule has 0 aliphatic rings. The highest BCUT2D eigenvalue weighted by Crippen LogP contribution is 2.22. The van der Waals surface area contributed by atoms with Crippen molar-refractivity contribution in [2.75, 3.05) is 0 Å². The standard InChI is InChI=1S/C12H14FN/c1-4-9-5-11(8(2)3)12(13)6-10(9)7-14/h5-6,8H,4H2,1-3H3. The van der Waals surface area contributed by atoms with E-state index in [0.717, 1.165) is 12.0 Å². The van der Waals surface area contributed by atoms with Crippen LogP contribution in [0, 0.1) is 17.1 Å². The summed E-state index contributed by atoms with van der Waals surface area (Å²) in [4.78, 5) is 0. The van der Waals surface area contributed by atoms with E-state index in [1.165, 1.54) is 6.07 Å². The van der Waals surface area contributed by atoms with E-state index in [0.29, 0.717) is 11.1 Å². The number of hydrogen-bond donors (Lipinski definition) is 0. The lowest BCUT2D eigenvalue weighted by Gasteiger charge is -2.10. The molecule has 0 unspecified atom stereocenters. The predicted molar refractivity (Wildman–Crippen MR) is 54.6 cm³/mol. The van der Waals surface area contributed by atoms with Gasteiger partial charge in [-0.05, 0) is 29.5 Å². The molecule has 0 aromatic heterocycles. The number of hydrogen-bond acceptors (Lipinski definition) is 1. The van der Waals surface area contributed by atoms with E-state index >= 15 is 0 Å². The number of halogens is 1. The van der Waals surface area contributed by atoms with Crippen molar-refractivity contribution in [2.45, 2.75) is 33.1 Å². The fourth-order valence-corrected chi connectivity index (χ4v) is 1.48. The van der Waals surface area contributed by atoms with Gasteiger partial charge in [0.25, 0.3) is 0 Å². The number of nitriles is 1. The van der Waals surface area contributed by atoms with Crippen LogP contribution < -0.4 is 0 Å². The van der Waals surface area contributed by atoms with Crippen molar-refractivity contribution in [1.29, 1.82) is 5.26 Å². The van der Waals surface area contributed by atoms with E-state index in [1.807, 2.05) is 26.8 Å². The van der Waals surface area contributed by atoms with Crippen molar-refractivity contribution in [3.05, 3.63) is 34.6 Å². The maximum atomic E-state index is 13.5. The van der Waals surface area contributed by atoms with Gasteiger partial charge >= 0.3 is 0 Å². The monoisotopic (exact) mass is 191 g/mol. The molecule has 1 aromatic rings. The second kappa shape index (κ2) is 4.23. The minimum atomic E-state index is -0.270. The largest absolute Gasteiger partial charge is 0.207 e. The smallest absolute Gasteiger partial charge is 0.127 e. The Kier molecular flexibility index (Phi) is 3.24. The molecule has 0 bridgehead atoms. The van der Waals surface area contributed by atoms with Crippen LogP contribution in [0.1, 0.15) is 43.4 Å². The number of rotatable bonds is 2. The fraction of sp³-hybridized carbons (Fsp3) is 0.417. The molecule has 0 heterocycles. The molecule has 0 saturated carbocycles. The summed E-state index contributed by atoms with van der Waals surface area (Å²) in [6.07, 6.45) is 0.767. The summed E-state index contributed by atoms with van der Waals surface area (Å²) in [5, 5.41) is 8.79. The predicted octanol–water partition coefficient (Wildman–Crippen LogP) is 3.38. The topological polar surface area (TPSA) is 23.8 Å². The van der Waals surface area contributed by atoms with Gasteiger partial charge in [0.2, 0.25) is 0 Å². The molecule has 1 nitrogen and oxygen atoms in total. The normalized spacial score (nSPS) is 10.3. The molecule has 0 fully saturated rings. The first kappa shape index (κ1) is 10.7. The minimum Gasteiger partial charge on any atom is -0.207 e. The molecule has 0 saturated heterocycles. The summed E-state index contributed by atoms with van der Waals surface area (Å²) in [6, 6.07) is 5.16. The van der Waals surface area contributed by atoms with E-state index in [9.17, 15) is 4.39 Å². The molecule has 0 N–H and O–H groups in total. The molecule has 2 heteroatoms. The van der Waals surface area contributed by atoms with Gasteiger partial charge in [-0.1, -0.05) is 26.8 Å². The fourth-order valence-electron chi connectivity index (χ4n) is 1.48. The van der Waals surface area contributed by atoms with E-state index in [2.05, 4.69) is 0 Å². The Balaban J connectivity index is 3.32. The molecule has 0 amide bonds. The molecule has 74 valence electrons. The van der Waals surface area contributed by atoms with Crippen LogP contribution in [0.2, 0.25) is 0 Å². The zero-order chi connectivity index (χ0) is 10.7. The lowest BCUT2D eigenvalue weighted by Crippen LogP contribution is -1.98. The molecule has 1 rings (SSSR count). The van der Waals surface area contributed by atoms with Crippen molar-refractivity contribution >= 4 is 0 Å². The van der Waals surface area contributed by atoms with Gasteiger partial charge in [-0.15, -0.1) is 0 Å². The minimum absolute atomic E-state index is 0.160. The average molecular weight is 191 g/mol. The van der Waals surface area contributed by atoms with Gasteiger partial charge in [-0.25, -0.2) is 4.39 Å². The Bertz CT molecular complexity index is 374. The Morgan fingerprint density at radius 3 is 2.50 bits per heavy atom. The number of aryl methyl sites for hydroxylation is 1. The van der Waals surface area contributed by atoms with Gasteiger partial charge in [0.05, 0.1) is 11.6 Å². The molecule has 0 radical (unpaired) electrons. The second-order valence-electron chi connectivity index (χ2n) is 3.65. The summed E-state index contributed by atoms with van der Waals surface area (Å²) in [6.45, 7) is 5.87. The van der Waals surface area contributed by atoms with Crippen LogP contribution in [0.3, 0.4) is 0 Å². The van der Waals surface area contributed by atoms with Crippen LogP contribution in [0.4, 0.5) is 4.39 Å². The second-order valence-corrected chi connectivity index (χ2v) is 3.65. The first-order valence-electron chi connectivity index (χ1n) is 4.82. The van der Waals surface area contributed by atoms with Crippen molar-refractivity contribution in [3.8, 4) is 6.07 Å². The van der Waals surface area contributed by atoms with Crippen LogP contribution in [0.15, 0.2) is 12.1 Å². The average Bonchev–Trinajstić information content (AvgIpc) is 2.16. The van der Waals surface area contributed by atoms with E-state index in [1.54, 1.807) is 6.07 Å². The van der Waals surface area contributed by atoms with Gasteiger partial charge in [-0.2, -0.15) is 5.26 Å². The third-order valence-electron chi connectivity index (χ3n) is 2.35. The Labute approximate surface area is 84.2 Å². The van der Waals surface area contributed by atoms with Gasteiger partial charge in [-0.3, -0.25) is 0 Å². The highest BCUT2D eigenvalue weighted by molar-refractivity contribution is 5.42. The summed E-state index contributed by atoms with van der Waals surface area (Å²) in [5.41, 5.74) is 2.08. The zero-order valence-electron chi connectivity index (χ0n) is 8.76. The van der Waals surface area contributed by atoms with E-state index in [-0.39, 0.29) is 11.7 Å². The summed E-state index contributed by atoms with van der Waals surface area (Å²) in [7, 11) is 0. The Morgan fingerprint density at radius 1 is 1.43 bits per heavy atom. The molecule has 0 atom stereocenters.